The lowest BCUT2D eigenvalue weighted by molar-refractivity contribution is 0.399. The molecular weight excluding hydrogens is 250 g/mol. The Kier molecular flexibility index (Phi) is 5.26. The highest BCUT2D eigenvalue weighted by atomic mass is 15.5. The fourth-order valence-corrected chi connectivity index (χ4v) is 1.97. The van der Waals surface area contributed by atoms with Crippen LogP contribution in [0, 0.1) is 0 Å². The Morgan fingerprint density at radius 2 is 1.90 bits per heavy atom. The molecule has 0 spiro atoms. The van der Waals surface area contributed by atoms with Gasteiger partial charge in [0, 0.05) is 25.2 Å². The number of aryl methyl sites for hydroxylation is 1. The molecule has 0 saturated heterocycles. The minimum Gasteiger partial charge on any atom is -0.310 e. The summed E-state index contributed by atoms with van der Waals surface area (Å²) in [7, 11) is 4.15. The van der Waals surface area contributed by atoms with Crippen molar-refractivity contribution >= 4 is 0 Å². The minimum absolute atomic E-state index is 0.748. The summed E-state index contributed by atoms with van der Waals surface area (Å²) in [5, 5.41) is 12.5. The van der Waals surface area contributed by atoms with Crippen LogP contribution < -0.4 is 5.32 Å². The summed E-state index contributed by atoms with van der Waals surface area (Å²) in [4.78, 5) is 3.92. The first kappa shape index (κ1) is 14.7. The highest BCUT2D eigenvalue weighted by Gasteiger charge is 2.11. The smallest absolute Gasteiger partial charge is 0.117 e. The maximum atomic E-state index is 4.57. The third-order valence-corrected chi connectivity index (χ3v) is 3.08. The van der Waals surface area contributed by atoms with Gasteiger partial charge in [0.1, 0.15) is 11.4 Å². The molecule has 20 heavy (non-hydrogen) atoms. The molecule has 0 aliphatic carbocycles. The number of nitrogens with zero attached hydrogens (tertiary/aromatic N) is 4. The van der Waals surface area contributed by atoms with Crippen LogP contribution in [0.3, 0.4) is 0 Å². The number of likely N-dealkylation sites (N-methyl/N-ethyl adjacent to an activating group) is 1. The quantitative estimate of drug-likeness (QED) is 0.779. The Morgan fingerprint density at radius 3 is 2.55 bits per heavy atom. The van der Waals surface area contributed by atoms with Gasteiger partial charge in [0.25, 0.3) is 0 Å². The topological polar surface area (TPSA) is 46.0 Å². The van der Waals surface area contributed by atoms with Crippen molar-refractivity contribution in [1.82, 2.24) is 25.2 Å². The van der Waals surface area contributed by atoms with Gasteiger partial charge in [0.2, 0.25) is 0 Å². The van der Waals surface area contributed by atoms with Gasteiger partial charge >= 0.3 is 0 Å². The molecule has 0 unspecified atom stereocenters. The maximum absolute atomic E-state index is 4.57. The van der Waals surface area contributed by atoms with Gasteiger partial charge in [-0.3, -0.25) is 0 Å². The molecule has 5 nitrogen and oxygen atoms in total. The number of hydrogen-bond donors (Lipinski definition) is 1. The van der Waals surface area contributed by atoms with Gasteiger partial charge in [0.05, 0.1) is 6.54 Å². The van der Waals surface area contributed by atoms with E-state index in [9.17, 15) is 0 Å². The van der Waals surface area contributed by atoms with E-state index in [4.69, 9.17) is 0 Å². The third-order valence-electron chi connectivity index (χ3n) is 3.08. The molecule has 1 N–H and O–H groups in total. The van der Waals surface area contributed by atoms with E-state index in [0.717, 1.165) is 43.1 Å². The second kappa shape index (κ2) is 7.17. The van der Waals surface area contributed by atoms with E-state index >= 15 is 0 Å². The number of nitrogens with one attached hydrogen (secondary N) is 1. The van der Waals surface area contributed by atoms with E-state index in [2.05, 4.69) is 53.6 Å². The second-order valence-electron chi connectivity index (χ2n) is 5.03. The molecule has 0 bridgehead atoms. The van der Waals surface area contributed by atoms with Crippen molar-refractivity contribution < 1.29 is 0 Å². The first-order valence-corrected chi connectivity index (χ1v) is 7.05. The zero-order valence-corrected chi connectivity index (χ0v) is 12.5. The van der Waals surface area contributed by atoms with Crippen LogP contribution in [0.4, 0.5) is 0 Å². The average molecular weight is 273 g/mol. The van der Waals surface area contributed by atoms with E-state index < -0.39 is 0 Å². The fraction of sp³-hybridized carbons (Fsp3) is 0.467. The molecule has 0 aliphatic rings. The third kappa shape index (κ3) is 3.88. The molecular formula is C15H23N5. The zero-order valence-electron chi connectivity index (χ0n) is 12.5. The van der Waals surface area contributed by atoms with Crippen molar-refractivity contribution in [3.8, 4) is 11.3 Å². The van der Waals surface area contributed by atoms with Crippen molar-refractivity contribution in [3.05, 3.63) is 36.0 Å². The molecule has 0 radical (unpaired) electrons. The van der Waals surface area contributed by atoms with Crippen LogP contribution in [0.15, 0.2) is 30.3 Å². The van der Waals surface area contributed by atoms with Crippen LogP contribution in [0.2, 0.25) is 0 Å². The highest BCUT2D eigenvalue weighted by molar-refractivity contribution is 5.60. The van der Waals surface area contributed by atoms with E-state index in [1.165, 1.54) is 0 Å². The van der Waals surface area contributed by atoms with Crippen LogP contribution in [0.5, 0.6) is 0 Å². The summed E-state index contributed by atoms with van der Waals surface area (Å²) in [6.07, 6.45) is 0. The molecule has 5 heteroatoms. The predicted octanol–water partition coefficient (Wildman–Crippen LogP) is 1.62. The summed E-state index contributed by atoms with van der Waals surface area (Å²) in [6, 6.07) is 10.2. The molecule has 0 saturated carbocycles. The molecule has 0 aliphatic heterocycles. The van der Waals surface area contributed by atoms with Crippen LogP contribution in [-0.2, 0) is 13.1 Å². The normalized spacial score (nSPS) is 11.2. The van der Waals surface area contributed by atoms with Crippen LogP contribution in [0.25, 0.3) is 11.3 Å². The molecule has 108 valence electrons. The van der Waals surface area contributed by atoms with Gasteiger partial charge in [-0.1, -0.05) is 30.3 Å². The van der Waals surface area contributed by atoms with Crippen LogP contribution in [0.1, 0.15) is 12.6 Å². The Morgan fingerprint density at radius 1 is 1.15 bits per heavy atom. The molecule has 1 heterocycles. The van der Waals surface area contributed by atoms with Gasteiger partial charge < -0.3 is 10.2 Å². The SMILES string of the molecule is CCn1nc(CNCCN(C)C)c(-c2ccccc2)n1. The summed E-state index contributed by atoms with van der Waals surface area (Å²) < 4.78 is 0. The Hall–Kier alpha value is -1.72. The minimum atomic E-state index is 0.748. The lowest BCUT2D eigenvalue weighted by Gasteiger charge is -2.09. The molecule has 1 aromatic heterocycles. The zero-order chi connectivity index (χ0) is 14.4. The van der Waals surface area contributed by atoms with Gasteiger partial charge in [-0.15, -0.1) is 0 Å². The summed E-state index contributed by atoms with van der Waals surface area (Å²) in [6.45, 7) is 5.55. The van der Waals surface area contributed by atoms with E-state index in [-0.39, 0.29) is 0 Å². The molecule has 0 fully saturated rings. The van der Waals surface area contributed by atoms with Crippen molar-refractivity contribution in [2.24, 2.45) is 0 Å². The summed E-state index contributed by atoms with van der Waals surface area (Å²) in [5.74, 6) is 0. The number of hydrogen-bond acceptors (Lipinski definition) is 4. The predicted molar refractivity (Wildman–Crippen MR) is 81.4 cm³/mol. The molecule has 0 atom stereocenters. The number of rotatable bonds is 7. The van der Waals surface area contributed by atoms with Gasteiger partial charge in [-0.25, -0.2) is 0 Å². The lowest BCUT2D eigenvalue weighted by Crippen LogP contribution is -2.26. The Bertz CT molecular complexity index is 518. The van der Waals surface area contributed by atoms with Gasteiger partial charge in [0.15, 0.2) is 0 Å². The van der Waals surface area contributed by atoms with Crippen LogP contribution in [-0.4, -0.2) is 47.1 Å². The second-order valence-corrected chi connectivity index (χ2v) is 5.03. The van der Waals surface area contributed by atoms with Crippen molar-refractivity contribution in [3.63, 3.8) is 0 Å². The summed E-state index contributed by atoms with van der Waals surface area (Å²) >= 11 is 0. The van der Waals surface area contributed by atoms with E-state index in [1.807, 2.05) is 18.2 Å². The monoisotopic (exact) mass is 273 g/mol. The molecule has 2 aromatic rings. The van der Waals surface area contributed by atoms with Gasteiger partial charge in [-0.2, -0.15) is 15.0 Å². The first-order chi connectivity index (χ1) is 9.70. The Labute approximate surface area is 120 Å². The first-order valence-electron chi connectivity index (χ1n) is 7.05. The lowest BCUT2D eigenvalue weighted by atomic mass is 10.1. The number of benzene rings is 1. The van der Waals surface area contributed by atoms with E-state index in [0.29, 0.717) is 0 Å². The van der Waals surface area contributed by atoms with Crippen molar-refractivity contribution in [1.29, 1.82) is 0 Å². The molecule has 0 amide bonds. The van der Waals surface area contributed by atoms with Crippen molar-refractivity contribution in [2.75, 3.05) is 27.2 Å². The standard InChI is InChI=1S/C15H23N5/c1-4-20-17-14(12-16-10-11-19(2)3)15(18-20)13-8-6-5-7-9-13/h5-9,16H,4,10-12H2,1-3H3. The van der Waals surface area contributed by atoms with E-state index in [1.54, 1.807) is 4.80 Å². The van der Waals surface area contributed by atoms with Crippen LogP contribution >= 0.6 is 0 Å². The molecule has 2 rings (SSSR count). The molecule has 1 aromatic carbocycles. The van der Waals surface area contributed by atoms with Gasteiger partial charge in [-0.05, 0) is 21.0 Å². The number of aromatic nitrogens is 3. The highest BCUT2D eigenvalue weighted by Crippen LogP contribution is 2.19. The average Bonchev–Trinajstić information content (AvgIpc) is 2.88. The Balaban J connectivity index is 2.09. The fourth-order valence-electron chi connectivity index (χ4n) is 1.97. The maximum Gasteiger partial charge on any atom is 0.117 e. The van der Waals surface area contributed by atoms with Crippen molar-refractivity contribution in [2.45, 2.75) is 20.0 Å². The summed E-state index contributed by atoms with van der Waals surface area (Å²) in [5.41, 5.74) is 3.11. The largest absolute Gasteiger partial charge is 0.310 e.